The van der Waals surface area contributed by atoms with Gasteiger partial charge in [-0.05, 0) is 18.1 Å². The van der Waals surface area contributed by atoms with Crippen LogP contribution in [-0.2, 0) is 12.8 Å². The summed E-state index contributed by atoms with van der Waals surface area (Å²) < 4.78 is 5.48. The molecule has 2 unspecified atom stereocenters. The maximum absolute atomic E-state index is 12.2. The first-order valence-electron chi connectivity index (χ1n) is 7.56. The zero-order valence-electron chi connectivity index (χ0n) is 12.7. The summed E-state index contributed by atoms with van der Waals surface area (Å²) in [5, 5.41) is 49.1. The molecule has 0 saturated heterocycles. The predicted octanol–water partition coefficient (Wildman–Crippen LogP) is -0.0672. The smallest absolute Gasteiger partial charge is 0.191 e. The molecule has 1 aliphatic carbocycles. The van der Waals surface area contributed by atoms with Gasteiger partial charge in [-0.3, -0.25) is 4.79 Å². The van der Waals surface area contributed by atoms with Crippen LogP contribution < -0.4 is 5.43 Å². The van der Waals surface area contributed by atoms with Crippen molar-refractivity contribution in [3.05, 3.63) is 63.2 Å². The second-order valence-electron chi connectivity index (χ2n) is 5.85. The van der Waals surface area contributed by atoms with E-state index in [-0.39, 0.29) is 29.3 Å². The van der Waals surface area contributed by atoms with Crippen molar-refractivity contribution in [3.63, 3.8) is 0 Å². The van der Waals surface area contributed by atoms with Crippen LogP contribution in [0.25, 0.3) is 0 Å². The van der Waals surface area contributed by atoms with Crippen LogP contribution in [0.5, 0.6) is 5.75 Å². The third kappa shape index (κ3) is 2.83. The number of phenolic OH excluding ortho intramolecular Hbond substituents is 1. The van der Waals surface area contributed by atoms with Crippen molar-refractivity contribution in [1.29, 1.82) is 0 Å². The first-order chi connectivity index (χ1) is 11.4. The van der Waals surface area contributed by atoms with Crippen molar-refractivity contribution in [3.8, 4) is 5.75 Å². The van der Waals surface area contributed by atoms with E-state index >= 15 is 0 Å². The molecule has 0 spiro atoms. The lowest BCUT2D eigenvalue weighted by Gasteiger charge is -2.32. The molecule has 0 radical (unpaired) electrons. The normalized spacial score (nSPS) is 26.2. The van der Waals surface area contributed by atoms with Crippen molar-refractivity contribution in [2.45, 2.75) is 37.3 Å². The van der Waals surface area contributed by atoms with Gasteiger partial charge in [0, 0.05) is 12.5 Å². The Morgan fingerprint density at radius 1 is 0.958 bits per heavy atom. The SMILES string of the molecule is O=c1cc(CCc2ccccc2O)oc2c1C(O)[C@@H](O)C(O)[C@H]2O. The lowest BCUT2D eigenvalue weighted by molar-refractivity contribution is -0.128. The fraction of sp³-hybridized carbons (Fsp3) is 0.353. The zero-order chi connectivity index (χ0) is 17.4. The highest BCUT2D eigenvalue weighted by Gasteiger charge is 2.43. The molecule has 4 atom stereocenters. The van der Waals surface area contributed by atoms with Crippen LogP contribution in [0.1, 0.15) is 34.9 Å². The van der Waals surface area contributed by atoms with Gasteiger partial charge in [-0.25, -0.2) is 0 Å². The molecule has 5 N–H and O–H groups in total. The molecular weight excluding hydrogens is 316 g/mol. The third-order valence-corrected chi connectivity index (χ3v) is 4.26. The Morgan fingerprint density at radius 3 is 2.33 bits per heavy atom. The number of hydrogen-bond acceptors (Lipinski definition) is 7. The Bertz CT molecular complexity index is 798. The first-order valence-corrected chi connectivity index (χ1v) is 7.56. The van der Waals surface area contributed by atoms with E-state index in [0.29, 0.717) is 12.0 Å². The Labute approximate surface area is 137 Å². The van der Waals surface area contributed by atoms with Gasteiger partial charge in [0.15, 0.2) is 5.43 Å². The highest BCUT2D eigenvalue weighted by atomic mass is 16.4. The van der Waals surface area contributed by atoms with E-state index < -0.39 is 29.8 Å². The van der Waals surface area contributed by atoms with E-state index in [9.17, 15) is 30.3 Å². The molecule has 3 rings (SSSR count). The minimum Gasteiger partial charge on any atom is -0.508 e. The Kier molecular flexibility index (Phi) is 4.42. The molecule has 0 saturated carbocycles. The second kappa shape index (κ2) is 6.37. The van der Waals surface area contributed by atoms with Gasteiger partial charge in [0.1, 0.15) is 41.7 Å². The Morgan fingerprint density at radius 2 is 1.62 bits per heavy atom. The molecule has 1 aromatic heterocycles. The van der Waals surface area contributed by atoms with E-state index in [1.807, 2.05) is 0 Å². The average molecular weight is 334 g/mol. The van der Waals surface area contributed by atoms with Gasteiger partial charge < -0.3 is 29.9 Å². The number of para-hydroxylation sites is 1. The van der Waals surface area contributed by atoms with E-state index in [2.05, 4.69) is 0 Å². The zero-order valence-corrected chi connectivity index (χ0v) is 12.7. The fourth-order valence-corrected chi connectivity index (χ4v) is 2.88. The Hall–Kier alpha value is -2.19. The van der Waals surface area contributed by atoms with E-state index in [0.717, 1.165) is 0 Å². The molecule has 7 heteroatoms. The molecule has 0 aliphatic heterocycles. The monoisotopic (exact) mass is 334 g/mol. The number of aliphatic hydroxyl groups excluding tert-OH is 4. The van der Waals surface area contributed by atoms with Crippen LogP contribution in [0.2, 0.25) is 0 Å². The summed E-state index contributed by atoms with van der Waals surface area (Å²) in [6, 6.07) is 7.94. The van der Waals surface area contributed by atoms with Gasteiger partial charge in [-0.1, -0.05) is 18.2 Å². The van der Waals surface area contributed by atoms with Crippen LogP contribution in [0.4, 0.5) is 0 Å². The van der Waals surface area contributed by atoms with Gasteiger partial charge in [0.05, 0.1) is 5.56 Å². The molecule has 0 amide bonds. The van der Waals surface area contributed by atoms with Crippen LogP contribution in [0.3, 0.4) is 0 Å². The van der Waals surface area contributed by atoms with Crippen molar-refractivity contribution in [1.82, 2.24) is 0 Å². The third-order valence-electron chi connectivity index (χ3n) is 4.26. The molecule has 1 heterocycles. The maximum Gasteiger partial charge on any atom is 0.191 e. The quantitative estimate of drug-likeness (QED) is 0.531. The highest BCUT2D eigenvalue weighted by Crippen LogP contribution is 2.35. The van der Waals surface area contributed by atoms with Gasteiger partial charge in [0.25, 0.3) is 0 Å². The van der Waals surface area contributed by atoms with E-state index in [1.54, 1.807) is 24.3 Å². The van der Waals surface area contributed by atoms with Crippen molar-refractivity contribution >= 4 is 0 Å². The van der Waals surface area contributed by atoms with Crippen LogP contribution in [-0.4, -0.2) is 37.7 Å². The molecule has 0 fully saturated rings. The summed E-state index contributed by atoms with van der Waals surface area (Å²) in [4.78, 5) is 12.2. The average Bonchev–Trinajstić information content (AvgIpc) is 2.57. The molecule has 128 valence electrons. The number of phenols is 1. The minimum absolute atomic E-state index is 0.131. The van der Waals surface area contributed by atoms with Gasteiger partial charge in [-0.15, -0.1) is 0 Å². The van der Waals surface area contributed by atoms with E-state index in [4.69, 9.17) is 4.42 Å². The number of hydrogen-bond donors (Lipinski definition) is 5. The molecular formula is C17H18O7. The summed E-state index contributed by atoms with van der Waals surface area (Å²) in [7, 11) is 0. The summed E-state index contributed by atoms with van der Waals surface area (Å²) >= 11 is 0. The molecule has 1 aliphatic rings. The van der Waals surface area contributed by atoms with Gasteiger partial charge >= 0.3 is 0 Å². The molecule has 1 aromatic carbocycles. The maximum atomic E-state index is 12.2. The van der Waals surface area contributed by atoms with Crippen molar-refractivity contribution in [2.24, 2.45) is 0 Å². The summed E-state index contributed by atoms with van der Waals surface area (Å²) in [5.41, 5.74) is -0.151. The highest BCUT2D eigenvalue weighted by molar-refractivity contribution is 5.33. The summed E-state index contributed by atoms with van der Waals surface area (Å²) in [6.07, 6.45) is -5.86. The van der Waals surface area contributed by atoms with E-state index in [1.165, 1.54) is 6.07 Å². The number of aromatic hydroxyl groups is 1. The Balaban J connectivity index is 1.91. The molecule has 24 heavy (non-hydrogen) atoms. The number of benzene rings is 1. The molecule has 7 nitrogen and oxygen atoms in total. The van der Waals surface area contributed by atoms with Crippen LogP contribution in [0, 0.1) is 0 Å². The number of rotatable bonds is 3. The standard InChI is InChI=1S/C17H18O7/c18-10-4-2-1-3-8(10)5-6-9-7-11(19)12-13(20)14(21)15(22)16(23)17(12)24-9/h1-4,7,13-16,18,20-23H,5-6H2/t13?,14-,15?,16-/m1/s1. The molecule has 2 aromatic rings. The van der Waals surface area contributed by atoms with Crippen LogP contribution >= 0.6 is 0 Å². The van der Waals surface area contributed by atoms with Crippen LogP contribution in [0.15, 0.2) is 39.5 Å². The van der Waals surface area contributed by atoms with Crippen molar-refractivity contribution < 1.29 is 29.9 Å². The lowest BCUT2D eigenvalue weighted by Crippen LogP contribution is -2.44. The number of fused-ring (bicyclic) bond motifs is 1. The fourth-order valence-electron chi connectivity index (χ4n) is 2.88. The second-order valence-corrected chi connectivity index (χ2v) is 5.85. The topological polar surface area (TPSA) is 131 Å². The summed E-state index contributed by atoms with van der Waals surface area (Å²) in [6.45, 7) is 0. The number of aryl methyl sites for hydroxylation is 2. The summed E-state index contributed by atoms with van der Waals surface area (Å²) in [5.74, 6) is 0.142. The van der Waals surface area contributed by atoms with Gasteiger partial charge in [-0.2, -0.15) is 0 Å². The largest absolute Gasteiger partial charge is 0.508 e. The van der Waals surface area contributed by atoms with Gasteiger partial charge in [0.2, 0.25) is 0 Å². The first kappa shape index (κ1) is 16.7. The number of aliphatic hydroxyl groups is 4. The van der Waals surface area contributed by atoms with Crippen molar-refractivity contribution in [2.75, 3.05) is 0 Å². The predicted molar refractivity (Wildman–Crippen MR) is 82.4 cm³/mol. The molecule has 0 bridgehead atoms. The minimum atomic E-state index is -1.66. The lowest BCUT2D eigenvalue weighted by atomic mass is 9.87.